The Morgan fingerprint density at radius 2 is 1.59 bits per heavy atom. The molecule has 39 heavy (non-hydrogen) atoms. The Kier molecular flexibility index (Phi) is 8.23. The number of halogens is 2. The van der Waals surface area contributed by atoms with Gasteiger partial charge in [0, 0.05) is 34.3 Å². The maximum atomic E-state index is 15.2. The minimum absolute atomic E-state index is 0. The fourth-order valence-electron chi connectivity index (χ4n) is 4.62. The molecular weight excluding hydrogens is 500 g/mol. The molecule has 0 radical (unpaired) electrons. The van der Waals surface area contributed by atoms with E-state index in [9.17, 15) is 14.0 Å². The van der Waals surface area contributed by atoms with Crippen molar-refractivity contribution in [2.75, 3.05) is 37.0 Å². The highest BCUT2D eigenvalue weighted by Crippen LogP contribution is 2.29. The van der Waals surface area contributed by atoms with E-state index in [0.717, 1.165) is 16.7 Å². The van der Waals surface area contributed by atoms with Crippen LogP contribution >= 0.6 is 0 Å². The highest BCUT2D eigenvalue weighted by atomic mass is 19.1. The SMILES string of the molecule is CN(C(=O)Cc1ccc(-c2ccc(F)cc2)cc1)c1ccc(N2CCC(N(C)C(=O)OC(C)(C)C)C2)c(F)c1.[HH]. The predicted octanol–water partition coefficient (Wildman–Crippen LogP) is 6.53. The zero-order valence-corrected chi connectivity index (χ0v) is 23.1. The van der Waals surface area contributed by atoms with Crippen LogP contribution in [0.2, 0.25) is 0 Å². The zero-order valence-electron chi connectivity index (χ0n) is 23.1. The lowest BCUT2D eigenvalue weighted by molar-refractivity contribution is -0.117. The summed E-state index contributed by atoms with van der Waals surface area (Å²) >= 11 is 0. The summed E-state index contributed by atoms with van der Waals surface area (Å²) in [7, 11) is 3.34. The Morgan fingerprint density at radius 1 is 0.974 bits per heavy atom. The molecule has 3 aromatic rings. The van der Waals surface area contributed by atoms with Crippen molar-refractivity contribution in [1.82, 2.24) is 4.90 Å². The number of nitrogens with zero attached hydrogens (tertiary/aromatic N) is 3. The average Bonchev–Trinajstić information content (AvgIpc) is 3.37. The number of likely N-dealkylation sites (N-methyl/N-ethyl adjacent to an activating group) is 2. The summed E-state index contributed by atoms with van der Waals surface area (Å²) in [4.78, 5) is 30.3. The van der Waals surface area contributed by atoms with Gasteiger partial charge in [0.2, 0.25) is 5.91 Å². The second-order valence-electron chi connectivity index (χ2n) is 10.9. The maximum absolute atomic E-state index is 15.2. The summed E-state index contributed by atoms with van der Waals surface area (Å²) in [6.45, 7) is 6.57. The molecule has 0 bridgehead atoms. The first-order chi connectivity index (χ1) is 18.4. The van der Waals surface area contributed by atoms with E-state index in [2.05, 4.69) is 0 Å². The van der Waals surface area contributed by atoms with Gasteiger partial charge >= 0.3 is 6.09 Å². The molecule has 1 aliphatic rings. The molecular formula is C31H37F2N3O3. The smallest absolute Gasteiger partial charge is 0.410 e. The molecule has 0 aliphatic carbocycles. The molecule has 6 nitrogen and oxygen atoms in total. The van der Waals surface area contributed by atoms with Crippen LogP contribution in [0.1, 0.15) is 34.2 Å². The van der Waals surface area contributed by atoms with Crippen molar-refractivity contribution in [2.24, 2.45) is 0 Å². The largest absolute Gasteiger partial charge is 0.444 e. The minimum atomic E-state index is -0.581. The summed E-state index contributed by atoms with van der Waals surface area (Å²) in [5.41, 5.74) is 2.97. The van der Waals surface area contributed by atoms with Gasteiger partial charge in [0.15, 0.2) is 0 Å². The molecule has 1 heterocycles. The van der Waals surface area contributed by atoms with Crippen LogP contribution in [0.15, 0.2) is 66.7 Å². The van der Waals surface area contributed by atoms with Gasteiger partial charge in [-0.25, -0.2) is 13.6 Å². The number of hydrogen-bond donors (Lipinski definition) is 0. The van der Waals surface area contributed by atoms with Crippen LogP contribution in [0.5, 0.6) is 0 Å². The highest BCUT2D eigenvalue weighted by molar-refractivity contribution is 5.94. The third kappa shape index (κ3) is 6.93. The van der Waals surface area contributed by atoms with Crippen molar-refractivity contribution in [3.63, 3.8) is 0 Å². The topological polar surface area (TPSA) is 53.1 Å². The molecule has 4 rings (SSSR count). The lowest BCUT2D eigenvalue weighted by atomic mass is 10.0. The third-order valence-electron chi connectivity index (χ3n) is 6.91. The molecule has 0 saturated carbocycles. The lowest BCUT2D eigenvalue weighted by Gasteiger charge is -2.29. The van der Waals surface area contributed by atoms with Gasteiger partial charge in [0.25, 0.3) is 0 Å². The van der Waals surface area contributed by atoms with E-state index in [1.54, 1.807) is 43.3 Å². The first kappa shape index (κ1) is 28.1. The van der Waals surface area contributed by atoms with Gasteiger partial charge in [-0.3, -0.25) is 4.79 Å². The Bertz CT molecular complexity index is 1330. The molecule has 1 aliphatic heterocycles. The predicted molar refractivity (Wildman–Crippen MR) is 152 cm³/mol. The number of anilines is 2. The number of amides is 2. The number of carbonyl (C=O) groups excluding carboxylic acids is 2. The van der Waals surface area contributed by atoms with Crippen molar-refractivity contribution >= 4 is 23.4 Å². The molecule has 0 N–H and O–H groups in total. The quantitative estimate of drug-likeness (QED) is 0.359. The number of hydrogen-bond acceptors (Lipinski definition) is 4. The summed E-state index contributed by atoms with van der Waals surface area (Å²) in [5, 5.41) is 0. The van der Waals surface area contributed by atoms with E-state index < -0.39 is 17.5 Å². The summed E-state index contributed by atoms with van der Waals surface area (Å²) in [6.07, 6.45) is 0.472. The Labute approximate surface area is 230 Å². The van der Waals surface area contributed by atoms with Gasteiger partial charge in [-0.1, -0.05) is 36.4 Å². The van der Waals surface area contributed by atoms with Gasteiger partial charge in [-0.15, -0.1) is 0 Å². The zero-order chi connectivity index (χ0) is 28.3. The maximum Gasteiger partial charge on any atom is 0.410 e. The van der Waals surface area contributed by atoms with E-state index in [-0.39, 0.29) is 25.6 Å². The van der Waals surface area contributed by atoms with Crippen LogP contribution in [-0.2, 0) is 16.0 Å². The van der Waals surface area contributed by atoms with E-state index in [1.807, 2.05) is 49.9 Å². The van der Waals surface area contributed by atoms with Gasteiger partial charge in [0.05, 0.1) is 18.2 Å². The Morgan fingerprint density at radius 3 is 2.18 bits per heavy atom. The van der Waals surface area contributed by atoms with Gasteiger partial charge in [-0.2, -0.15) is 0 Å². The number of benzene rings is 3. The second-order valence-corrected chi connectivity index (χ2v) is 10.9. The second kappa shape index (κ2) is 11.4. The summed E-state index contributed by atoms with van der Waals surface area (Å²) < 4.78 is 33.8. The van der Waals surface area contributed by atoms with Crippen LogP contribution in [0.25, 0.3) is 11.1 Å². The third-order valence-corrected chi connectivity index (χ3v) is 6.91. The van der Waals surface area contributed by atoms with Crippen molar-refractivity contribution < 1.29 is 24.5 Å². The van der Waals surface area contributed by atoms with E-state index in [4.69, 9.17) is 4.74 Å². The Hall–Kier alpha value is -3.94. The molecule has 3 aromatic carbocycles. The fraction of sp³-hybridized carbons (Fsp3) is 0.355. The van der Waals surface area contributed by atoms with Crippen molar-refractivity contribution in [3.05, 3.63) is 83.9 Å². The van der Waals surface area contributed by atoms with Gasteiger partial charge in [-0.05, 0) is 74.2 Å². The average molecular weight is 538 g/mol. The molecule has 1 unspecified atom stereocenters. The van der Waals surface area contributed by atoms with Gasteiger partial charge in [0.1, 0.15) is 17.2 Å². The summed E-state index contributed by atoms with van der Waals surface area (Å²) in [6, 6.07) is 18.5. The van der Waals surface area contributed by atoms with E-state index >= 15 is 4.39 Å². The molecule has 8 heteroatoms. The first-order valence-electron chi connectivity index (χ1n) is 13.0. The Balaban J connectivity index is 0.00000441. The molecule has 1 atom stereocenters. The lowest BCUT2D eigenvalue weighted by Crippen LogP contribution is -2.42. The normalized spacial score (nSPS) is 15.3. The highest BCUT2D eigenvalue weighted by Gasteiger charge is 2.32. The number of ether oxygens (including phenoxy) is 1. The van der Waals surface area contributed by atoms with Crippen LogP contribution in [0, 0.1) is 11.6 Å². The summed E-state index contributed by atoms with van der Waals surface area (Å²) in [5.74, 6) is -0.878. The van der Waals surface area contributed by atoms with Gasteiger partial charge < -0.3 is 19.4 Å². The fourth-order valence-corrected chi connectivity index (χ4v) is 4.62. The molecule has 0 spiro atoms. The molecule has 2 amide bonds. The molecule has 1 fully saturated rings. The monoisotopic (exact) mass is 537 g/mol. The van der Waals surface area contributed by atoms with Crippen LogP contribution < -0.4 is 9.80 Å². The molecule has 1 saturated heterocycles. The van der Waals surface area contributed by atoms with Crippen molar-refractivity contribution in [1.29, 1.82) is 0 Å². The van der Waals surface area contributed by atoms with E-state index in [1.165, 1.54) is 23.1 Å². The van der Waals surface area contributed by atoms with Crippen molar-refractivity contribution in [3.8, 4) is 11.1 Å². The molecule has 208 valence electrons. The number of rotatable bonds is 6. The van der Waals surface area contributed by atoms with E-state index in [0.29, 0.717) is 30.9 Å². The van der Waals surface area contributed by atoms with Crippen LogP contribution in [0.3, 0.4) is 0 Å². The van der Waals surface area contributed by atoms with Crippen LogP contribution in [0.4, 0.5) is 25.0 Å². The minimum Gasteiger partial charge on any atom is -0.444 e. The number of carbonyl (C=O) groups is 2. The van der Waals surface area contributed by atoms with Crippen LogP contribution in [-0.4, -0.2) is 55.7 Å². The standard InChI is InChI=1S/C31H35F2N3O3.H2/c1-31(2,3)39-30(38)35(5)26-16-17-36(20-26)28-15-14-25(19-27(28)33)34(4)29(37)18-21-6-8-22(9-7-21)23-10-12-24(32)13-11-23;/h6-15,19,26H,16-18,20H2,1-5H3;1H. The molecule has 0 aromatic heterocycles. The first-order valence-corrected chi connectivity index (χ1v) is 13.0. The van der Waals surface area contributed by atoms with Crippen molar-refractivity contribution in [2.45, 2.75) is 45.3 Å².